The number of thiophene rings is 1. The summed E-state index contributed by atoms with van der Waals surface area (Å²) in [6, 6.07) is 5.66. The third-order valence-electron chi connectivity index (χ3n) is 2.54. The molecule has 0 fully saturated rings. The summed E-state index contributed by atoms with van der Waals surface area (Å²) in [5.74, 6) is -0.336. The molecule has 0 aliphatic carbocycles. The van der Waals surface area contributed by atoms with Crippen LogP contribution in [0.15, 0.2) is 40.1 Å². The number of hydrogen-bond donors (Lipinski definition) is 1. The van der Waals surface area contributed by atoms with Crippen LogP contribution in [0.4, 0.5) is 0 Å². The SMILES string of the molecule is Cn1ccsc1=NC(=O)c1cc(-c2cccs2)[nH]n1. The molecule has 0 aliphatic rings. The van der Waals surface area contributed by atoms with E-state index in [0.717, 1.165) is 10.6 Å². The van der Waals surface area contributed by atoms with Gasteiger partial charge in [-0.2, -0.15) is 10.1 Å². The molecule has 0 saturated heterocycles. The van der Waals surface area contributed by atoms with Crippen LogP contribution in [0, 0.1) is 0 Å². The Kier molecular flexibility index (Phi) is 3.14. The van der Waals surface area contributed by atoms with Crippen LogP contribution in [-0.4, -0.2) is 20.7 Å². The fourth-order valence-corrected chi connectivity index (χ4v) is 2.99. The lowest BCUT2D eigenvalue weighted by molar-refractivity contribution is 0.0993. The molecule has 5 nitrogen and oxygen atoms in total. The summed E-state index contributed by atoms with van der Waals surface area (Å²) in [5.41, 5.74) is 1.17. The largest absolute Gasteiger partial charge is 0.327 e. The van der Waals surface area contributed by atoms with E-state index in [0.29, 0.717) is 10.5 Å². The summed E-state index contributed by atoms with van der Waals surface area (Å²) in [5, 5.41) is 10.7. The highest BCUT2D eigenvalue weighted by atomic mass is 32.1. The first-order valence-corrected chi connectivity index (χ1v) is 7.28. The zero-order valence-corrected chi connectivity index (χ0v) is 11.7. The van der Waals surface area contributed by atoms with Gasteiger partial charge in [0.2, 0.25) is 0 Å². The molecule has 0 radical (unpaired) electrons. The van der Waals surface area contributed by atoms with Gasteiger partial charge in [0.25, 0.3) is 5.91 Å². The molecule has 96 valence electrons. The van der Waals surface area contributed by atoms with Crippen molar-refractivity contribution in [2.75, 3.05) is 0 Å². The molecule has 0 aromatic carbocycles. The number of aromatic nitrogens is 3. The topological polar surface area (TPSA) is 63.0 Å². The number of aromatic amines is 1. The van der Waals surface area contributed by atoms with Gasteiger partial charge in [0.05, 0.1) is 10.6 Å². The molecule has 3 aromatic rings. The summed E-state index contributed by atoms with van der Waals surface area (Å²) in [6.45, 7) is 0. The van der Waals surface area contributed by atoms with Crippen molar-refractivity contribution < 1.29 is 4.79 Å². The molecule has 0 aliphatic heterocycles. The third kappa shape index (κ3) is 2.42. The third-order valence-corrected chi connectivity index (χ3v) is 4.29. The highest BCUT2D eigenvalue weighted by molar-refractivity contribution is 7.13. The lowest BCUT2D eigenvalue weighted by Gasteiger charge is -1.89. The maximum absolute atomic E-state index is 12.0. The van der Waals surface area contributed by atoms with E-state index in [2.05, 4.69) is 15.2 Å². The van der Waals surface area contributed by atoms with Crippen LogP contribution in [0.25, 0.3) is 10.6 Å². The Morgan fingerprint density at radius 3 is 3.00 bits per heavy atom. The number of carbonyl (C=O) groups excluding carboxylic acids is 1. The number of nitrogens with one attached hydrogen (secondary N) is 1. The average Bonchev–Trinajstić information content (AvgIpc) is 3.09. The molecule has 1 amide bonds. The second-order valence-electron chi connectivity index (χ2n) is 3.86. The maximum atomic E-state index is 12.0. The molecular weight excluding hydrogens is 280 g/mol. The van der Waals surface area contributed by atoms with Gasteiger partial charge in [0.1, 0.15) is 0 Å². The van der Waals surface area contributed by atoms with Crippen molar-refractivity contribution in [2.24, 2.45) is 12.0 Å². The lowest BCUT2D eigenvalue weighted by Crippen LogP contribution is -2.12. The number of amides is 1. The van der Waals surface area contributed by atoms with Gasteiger partial charge in [0.15, 0.2) is 10.5 Å². The summed E-state index contributed by atoms with van der Waals surface area (Å²) >= 11 is 3.01. The van der Waals surface area contributed by atoms with Crippen LogP contribution in [0.3, 0.4) is 0 Å². The molecule has 0 bridgehead atoms. The molecular formula is C12H10N4OS2. The quantitative estimate of drug-likeness (QED) is 0.787. The minimum Gasteiger partial charge on any atom is -0.327 e. The Morgan fingerprint density at radius 1 is 1.42 bits per heavy atom. The van der Waals surface area contributed by atoms with Gasteiger partial charge in [-0.15, -0.1) is 22.7 Å². The Morgan fingerprint density at radius 2 is 2.32 bits per heavy atom. The van der Waals surface area contributed by atoms with Crippen LogP contribution in [0.1, 0.15) is 10.5 Å². The average molecular weight is 290 g/mol. The van der Waals surface area contributed by atoms with Crippen molar-refractivity contribution in [3.8, 4) is 10.6 Å². The Bertz CT molecular complexity index is 764. The van der Waals surface area contributed by atoms with E-state index in [9.17, 15) is 4.79 Å². The van der Waals surface area contributed by atoms with Crippen molar-refractivity contribution in [1.29, 1.82) is 0 Å². The summed E-state index contributed by atoms with van der Waals surface area (Å²) in [6.07, 6.45) is 1.86. The molecule has 0 unspecified atom stereocenters. The van der Waals surface area contributed by atoms with E-state index in [-0.39, 0.29) is 5.91 Å². The first-order valence-electron chi connectivity index (χ1n) is 5.52. The maximum Gasteiger partial charge on any atom is 0.300 e. The summed E-state index contributed by atoms with van der Waals surface area (Å²) in [7, 11) is 1.85. The van der Waals surface area contributed by atoms with Crippen molar-refractivity contribution in [3.05, 3.63) is 45.7 Å². The van der Waals surface area contributed by atoms with Gasteiger partial charge in [-0.3, -0.25) is 9.89 Å². The predicted octanol–water partition coefficient (Wildman–Crippen LogP) is 2.28. The number of thiazole rings is 1. The predicted molar refractivity (Wildman–Crippen MR) is 75.1 cm³/mol. The van der Waals surface area contributed by atoms with Crippen LogP contribution in [0.2, 0.25) is 0 Å². The molecule has 3 heterocycles. The van der Waals surface area contributed by atoms with Gasteiger partial charge < -0.3 is 4.57 Å². The molecule has 0 atom stereocenters. The molecule has 19 heavy (non-hydrogen) atoms. The van der Waals surface area contributed by atoms with Crippen molar-refractivity contribution in [2.45, 2.75) is 0 Å². The number of aryl methyl sites for hydroxylation is 1. The fourth-order valence-electron chi connectivity index (χ4n) is 1.57. The van der Waals surface area contributed by atoms with Crippen LogP contribution in [0.5, 0.6) is 0 Å². The molecule has 0 spiro atoms. The van der Waals surface area contributed by atoms with Crippen LogP contribution >= 0.6 is 22.7 Å². The van der Waals surface area contributed by atoms with Crippen molar-refractivity contribution >= 4 is 28.6 Å². The van der Waals surface area contributed by atoms with Gasteiger partial charge in [0, 0.05) is 18.6 Å². The van der Waals surface area contributed by atoms with E-state index in [1.807, 2.05) is 36.1 Å². The standard InChI is InChI=1S/C12H10N4OS2/c1-16-4-6-19-12(16)13-11(17)9-7-8(14-15-9)10-3-2-5-18-10/h2-7H,1H3,(H,14,15). The van der Waals surface area contributed by atoms with E-state index in [1.54, 1.807) is 22.0 Å². The normalized spacial score (nSPS) is 11.9. The van der Waals surface area contributed by atoms with Gasteiger partial charge in [-0.25, -0.2) is 0 Å². The second-order valence-corrected chi connectivity index (χ2v) is 5.68. The van der Waals surface area contributed by atoms with Crippen LogP contribution in [-0.2, 0) is 7.05 Å². The Balaban J connectivity index is 1.92. The van der Waals surface area contributed by atoms with E-state index in [4.69, 9.17) is 0 Å². The molecule has 3 aromatic heterocycles. The first kappa shape index (κ1) is 12.1. The Hall–Kier alpha value is -1.99. The smallest absolute Gasteiger partial charge is 0.300 e. The monoisotopic (exact) mass is 290 g/mol. The van der Waals surface area contributed by atoms with E-state index >= 15 is 0 Å². The number of rotatable bonds is 2. The first-order chi connectivity index (χ1) is 9.24. The van der Waals surface area contributed by atoms with Gasteiger partial charge >= 0.3 is 0 Å². The van der Waals surface area contributed by atoms with Gasteiger partial charge in [-0.05, 0) is 17.5 Å². The highest BCUT2D eigenvalue weighted by Gasteiger charge is 2.11. The summed E-state index contributed by atoms with van der Waals surface area (Å²) < 4.78 is 1.80. The minimum absolute atomic E-state index is 0.330. The number of hydrogen-bond acceptors (Lipinski definition) is 4. The zero-order chi connectivity index (χ0) is 13.2. The molecule has 1 N–H and O–H groups in total. The molecule has 7 heteroatoms. The second kappa shape index (κ2) is 4.94. The number of H-pyrrole nitrogens is 1. The van der Waals surface area contributed by atoms with E-state index in [1.165, 1.54) is 11.3 Å². The zero-order valence-electron chi connectivity index (χ0n) is 10.0. The van der Waals surface area contributed by atoms with Crippen molar-refractivity contribution in [1.82, 2.24) is 14.8 Å². The summed E-state index contributed by atoms with van der Waals surface area (Å²) in [4.78, 5) is 17.7. The highest BCUT2D eigenvalue weighted by Crippen LogP contribution is 2.22. The fraction of sp³-hybridized carbons (Fsp3) is 0.0833. The number of carbonyl (C=O) groups is 1. The van der Waals surface area contributed by atoms with Crippen LogP contribution < -0.4 is 4.80 Å². The van der Waals surface area contributed by atoms with Crippen molar-refractivity contribution in [3.63, 3.8) is 0 Å². The van der Waals surface area contributed by atoms with Gasteiger partial charge in [-0.1, -0.05) is 6.07 Å². The lowest BCUT2D eigenvalue weighted by atomic mass is 10.3. The van der Waals surface area contributed by atoms with E-state index < -0.39 is 0 Å². The Labute approximate surface area is 116 Å². The molecule has 0 saturated carbocycles. The minimum atomic E-state index is -0.336. The number of nitrogens with zero attached hydrogens (tertiary/aromatic N) is 3. The molecule has 3 rings (SSSR count).